The van der Waals surface area contributed by atoms with Crippen molar-refractivity contribution in [3.05, 3.63) is 0 Å². The van der Waals surface area contributed by atoms with Crippen LogP contribution in [-0.2, 0) is 9.47 Å². The van der Waals surface area contributed by atoms with E-state index in [1.165, 1.54) is 7.11 Å². The Balaban J connectivity index is 3.77. The van der Waals surface area contributed by atoms with E-state index in [1.54, 1.807) is 6.92 Å². The Morgan fingerprint density at radius 1 is 1.31 bits per heavy atom. The van der Waals surface area contributed by atoms with Gasteiger partial charge in [-0.1, -0.05) is 0 Å². The summed E-state index contributed by atoms with van der Waals surface area (Å²) in [4.78, 5) is 0. The summed E-state index contributed by atoms with van der Waals surface area (Å²) in [5.41, 5.74) is 0. The van der Waals surface area contributed by atoms with Gasteiger partial charge >= 0.3 is 0 Å². The lowest BCUT2D eigenvalue weighted by Gasteiger charge is -2.21. The van der Waals surface area contributed by atoms with Gasteiger partial charge < -0.3 is 24.8 Å². The monoisotopic (exact) mass is 194 g/mol. The third-order valence-electron chi connectivity index (χ3n) is 1.59. The van der Waals surface area contributed by atoms with Gasteiger partial charge in [-0.15, -0.1) is 0 Å². The Kier molecular flexibility index (Phi) is 7.12. The van der Waals surface area contributed by atoms with E-state index in [2.05, 4.69) is 4.74 Å². The highest BCUT2D eigenvalue weighted by Gasteiger charge is 2.20. The number of aliphatic hydroxyl groups is 3. The average molecular weight is 194 g/mol. The summed E-state index contributed by atoms with van der Waals surface area (Å²) in [5, 5.41) is 27.2. The van der Waals surface area contributed by atoms with Crippen LogP contribution in [0, 0.1) is 0 Å². The van der Waals surface area contributed by atoms with Crippen molar-refractivity contribution in [1.29, 1.82) is 0 Å². The first-order valence-corrected chi connectivity index (χ1v) is 4.19. The molecule has 0 aromatic heterocycles. The molecule has 0 saturated carbocycles. The van der Waals surface area contributed by atoms with Gasteiger partial charge in [0.05, 0.1) is 18.8 Å². The van der Waals surface area contributed by atoms with Crippen molar-refractivity contribution in [3.8, 4) is 0 Å². The van der Waals surface area contributed by atoms with E-state index in [0.29, 0.717) is 0 Å². The fraction of sp³-hybridized carbons (Fsp3) is 1.00. The second kappa shape index (κ2) is 7.23. The molecule has 80 valence electrons. The van der Waals surface area contributed by atoms with Crippen LogP contribution in [0.25, 0.3) is 0 Å². The van der Waals surface area contributed by atoms with E-state index < -0.39 is 18.3 Å². The van der Waals surface area contributed by atoms with E-state index >= 15 is 0 Å². The summed E-state index contributed by atoms with van der Waals surface area (Å²) < 4.78 is 9.59. The molecule has 3 atom stereocenters. The molecule has 0 rings (SSSR count). The molecule has 13 heavy (non-hydrogen) atoms. The second-order valence-electron chi connectivity index (χ2n) is 2.95. The lowest BCUT2D eigenvalue weighted by Crippen LogP contribution is -2.35. The number of hydrogen-bond donors (Lipinski definition) is 3. The molecule has 0 bridgehead atoms. The topological polar surface area (TPSA) is 79.2 Å². The standard InChI is InChI=1S/C8H18O5/c1-6(10)3-7(11)8(4-9)13-5-12-2/h6-11H,3-5H2,1-2H3/t6-,7-,8+/m1/s1. The highest BCUT2D eigenvalue weighted by atomic mass is 16.7. The molecular formula is C8H18O5. The number of ether oxygens (including phenoxy) is 2. The minimum Gasteiger partial charge on any atom is -0.394 e. The molecule has 0 amide bonds. The molecule has 5 nitrogen and oxygen atoms in total. The third kappa shape index (κ3) is 5.95. The van der Waals surface area contributed by atoms with E-state index in [1.807, 2.05) is 0 Å². The molecule has 0 unspecified atom stereocenters. The first-order chi connectivity index (χ1) is 6.11. The zero-order valence-corrected chi connectivity index (χ0v) is 8.01. The molecule has 0 aliphatic carbocycles. The average Bonchev–Trinajstić information content (AvgIpc) is 2.04. The van der Waals surface area contributed by atoms with Crippen LogP contribution < -0.4 is 0 Å². The van der Waals surface area contributed by atoms with Crippen molar-refractivity contribution in [2.75, 3.05) is 20.5 Å². The molecule has 0 aromatic carbocycles. The van der Waals surface area contributed by atoms with E-state index in [-0.39, 0.29) is 19.8 Å². The maximum absolute atomic E-state index is 9.41. The molecular weight excluding hydrogens is 176 g/mol. The van der Waals surface area contributed by atoms with E-state index in [4.69, 9.17) is 14.9 Å². The van der Waals surface area contributed by atoms with Crippen LogP contribution in [0.5, 0.6) is 0 Å². The molecule has 0 spiro atoms. The van der Waals surface area contributed by atoms with Crippen molar-refractivity contribution >= 4 is 0 Å². The number of hydrogen-bond acceptors (Lipinski definition) is 5. The van der Waals surface area contributed by atoms with Crippen LogP contribution in [0.4, 0.5) is 0 Å². The van der Waals surface area contributed by atoms with Gasteiger partial charge in [0.2, 0.25) is 0 Å². The Bertz CT molecular complexity index is 117. The van der Waals surface area contributed by atoms with Crippen LogP contribution in [-0.4, -0.2) is 54.1 Å². The molecule has 0 heterocycles. The van der Waals surface area contributed by atoms with Crippen LogP contribution in [0.15, 0.2) is 0 Å². The van der Waals surface area contributed by atoms with Crippen LogP contribution in [0.3, 0.4) is 0 Å². The normalized spacial score (nSPS) is 18.2. The smallest absolute Gasteiger partial charge is 0.146 e. The molecule has 3 N–H and O–H groups in total. The maximum atomic E-state index is 9.41. The van der Waals surface area contributed by atoms with Crippen molar-refractivity contribution in [3.63, 3.8) is 0 Å². The minimum atomic E-state index is -0.875. The zero-order chi connectivity index (χ0) is 10.3. The minimum absolute atomic E-state index is 0.0160. The molecule has 0 radical (unpaired) electrons. The van der Waals surface area contributed by atoms with Gasteiger partial charge in [-0.05, 0) is 6.92 Å². The van der Waals surface area contributed by atoms with E-state index in [9.17, 15) is 5.11 Å². The van der Waals surface area contributed by atoms with Crippen molar-refractivity contribution in [1.82, 2.24) is 0 Å². The van der Waals surface area contributed by atoms with Gasteiger partial charge in [0.1, 0.15) is 12.9 Å². The Hall–Kier alpha value is -0.200. The van der Waals surface area contributed by atoms with Gasteiger partial charge in [-0.2, -0.15) is 0 Å². The van der Waals surface area contributed by atoms with Crippen molar-refractivity contribution in [2.45, 2.75) is 31.7 Å². The lowest BCUT2D eigenvalue weighted by molar-refractivity contribution is -0.132. The molecule has 0 aromatic rings. The number of rotatable bonds is 7. The summed E-state index contributed by atoms with van der Waals surface area (Å²) in [6, 6.07) is 0. The molecule has 0 fully saturated rings. The zero-order valence-electron chi connectivity index (χ0n) is 8.01. The van der Waals surface area contributed by atoms with Gasteiger partial charge in [-0.3, -0.25) is 0 Å². The Labute approximate surface area is 77.9 Å². The summed E-state index contributed by atoms with van der Waals surface area (Å²) in [6.45, 7) is 1.29. The Morgan fingerprint density at radius 3 is 2.31 bits per heavy atom. The highest BCUT2D eigenvalue weighted by molar-refractivity contribution is 4.69. The largest absolute Gasteiger partial charge is 0.394 e. The summed E-state index contributed by atoms with van der Waals surface area (Å²) in [6.07, 6.45) is -2.01. The van der Waals surface area contributed by atoms with Gasteiger partial charge in [-0.25, -0.2) is 0 Å². The van der Waals surface area contributed by atoms with Gasteiger partial charge in [0.15, 0.2) is 0 Å². The van der Waals surface area contributed by atoms with Crippen LogP contribution >= 0.6 is 0 Å². The fourth-order valence-electron chi connectivity index (χ4n) is 0.942. The predicted molar refractivity (Wildman–Crippen MR) is 46.1 cm³/mol. The summed E-state index contributed by atoms with van der Waals surface area (Å²) in [7, 11) is 1.45. The molecule has 0 saturated heterocycles. The molecule has 5 heteroatoms. The second-order valence-corrected chi connectivity index (χ2v) is 2.95. The predicted octanol–water partition coefficient (Wildman–Crippen LogP) is -0.900. The quantitative estimate of drug-likeness (QED) is 0.458. The lowest BCUT2D eigenvalue weighted by atomic mass is 10.1. The van der Waals surface area contributed by atoms with Crippen molar-refractivity contribution in [2.24, 2.45) is 0 Å². The van der Waals surface area contributed by atoms with Gasteiger partial charge in [0, 0.05) is 13.5 Å². The summed E-state index contributed by atoms with van der Waals surface area (Å²) >= 11 is 0. The maximum Gasteiger partial charge on any atom is 0.146 e. The van der Waals surface area contributed by atoms with Crippen LogP contribution in [0.1, 0.15) is 13.3 Å². The molecule has 0 aliphatic heterocycles. The van der Waals surface area contributed by atoms with E-state index in [0.717, 1.165) is 0 Å². The first-order valence-electron chi connectivity index (χ1n) is 4.19. The SMILES string of the molecule is COCO[C@@H](CO)[C@H](O)C[C@@H](C)O. The Morgan fingerprint density at radius 2 is 1.92 bits per heavy atom. The fourth-order valence-corrected chi connectivity index (χ4v) is 0.942. The van der Waals surface area contributed by atoms with Crippen LogP contribution in [0.2, 0.25) is 0 Å². The third-order valence-corrected chi connectivity index (χ3v) is 1.59. The number of aliphatic hydroxyl groups excluding tert-OH is 3. The summed E-state index contributed by atoms with van der Waals surface area (Å²) in [5.74, 6) is 0. The highest BCUT2D eigenvalue weighted by Crippen LogP contribution is 2.06. The van der Waals surface area contributed by atoms with Gasteiger partial charge in [0.25, 0.3) is 0 Å². The number of methoxy groups -OCH3 is 1. The first kappa shape index (κ1) is 12.8. The molecule has 0 aliphatic rings. The van der Waals surface area contributed by atoms with Crippen molar-refractivity contribution < 1.29 is 24.8 Å².